The first-order chi connectivity index (χ1) is 10.1. The fraction of sp³-hybridized carbons (Fsp3) is 0.615. The van der Waals surface area contributed by atoms with Crippen molar-refractivity contribution < 1.29 is 19.6 Å². The van der Waals surface area contributed by atoms with Gasteiger partial charge in [0, 0.05) is 0 Å². The zero-order valence-corrected chi connectivity index (χ0v) is 12.9. The van der Waals surface area contributed by atoms with Gasteiger partial charge in [0.05, 0.1) is 4.92 Å². The van der Waals surface area contributed by atoms with Gasteiger partial charge in [-0.15, -0.1) is 0 Å². The number of rotatable bonds is 7. The summed E-state index contributed by atoms with van der Waals surface area (Å²) in [6.07, 6.45) is 2.46. The molecular weight excluding hydrogens is 292 g/mol. The molecule has 22 heavy (non-hydrogen) atoms. The number of amides is 1. The molecule has 0 aliphatic carbocycles. The van der Waals surface area contributed by atoms with Crippen molar-refractivity contribution in [2.45, 2.75) is 45.7 Å². The Labute approximate surface area is 127 Å². The first kappa shape index (κ1) is 17.6. The van der Waals surface area contributed by atoms with Crippen LogP contribution in [-0.2, 0) is 15.1 Å². The second kappa shape index (κ2) is 6.54. The molecule has 9 heteroatoms. The van der Waals surface area contributed by atoms with Crippen LogP contribution in [0.2, 0.25) is 0 Å². The summed E-state index contributed by atoms with van der Waals surface area (Å²) in [4.78, 5) is 33.6. The van der Waals surface area contributed by atoms with Gasteiger partial charge in [-0.05, 0) is 26.2 Å². The molecule has 0 spiro atoms. The Bertz CT molecular complexity index is 579. The predicted molar refractivity (Wildman–Crippen MR) is 77.2 cm³/mol. The molecule has 122 valence electrons. The van der Waals surface area contributed by atoms with Crippen LogP contribution in [0.4, 0.5) is 5.69 Å². The lowest BCUT2D eigenvalue weighted by molar-refractivity contribution is -0.385. The van der Waals surface area contributed by atoms with Crippen LogP contribution in [0.25, 0.3) is 0 Å². The maximum Gasteiger partial charge on any atom is 0.326 e. The third-order valence-corrected chi connectivity index (χ3v) is 3.22. The highest BCUT2D eigenvalue weighted by molar-refractivity contribution is 5.88. The highest BCUT2D eigenvalue weighted by Gasteiger charge is 2.34. The van der Waals surface area contributed by atoms with E-state index in [2.05, 4.69) is 10.4 Å². The predicted octanol–water partition coefficient (Wildman–Crippen LogP) is 1.14. The van der Waals surface area contributed by atoms with E-state index in [9.17, 15) is 19.7 Å². The number of aromatic nitrogens is 2. The summed E-state index contributed by atoms with van der Waals surface area (Å²) >= 11 is 0. The summed E-state index contributed by atoms with van der Waals surface area (Å²) in [5, 5.41) is 26.1. The average Bonchev–Trinajstić information content (AvgIpc) is 2.87. The normalized spacial score (nSPS) is 13.0. The van der Waals surface area contributed by atoms with Gasteiger partial charge in [0.15, 0.2) is 0 Å². The minimum Gasteiger partial charge on any atom is -0.480 e. The van der Waals surface area contributed by atoms with Crippen molar-refractivity contribution in [3.05, 3.63) is 22.5 Å². The zero-order chi connectivity index (χ0) is 17.1. The van der Waals surface area contributed by atoms with E-state index >= 15 is 0 Å². The quantitative estimate of drug-likeness (QED) is 0.574. The van der Waals surface area contributed by atoms with Crippen LogP contribution in [0.3, 0.4) is 0 Å². The van der Waals surface area contributed by atoms with E-state index in [0.717, 1.165) is 17.1 Å². The van der Waals surface area contributed by atoms with Crippen molar-refractivity contribution in [1.29, 1.82) is 0 Å². The molecule has 1 heterocycles. The SMILES string of the molecule is CC(C)C[C@@H](NC(=O)C(C)(C)n1cc([N+](=O)[O-])cn1)C(=O)O. The molecule has 2 N–H and O–H groups in total. The molecular formula is C13H20N4O5. The van der Waals surface area contributed by atoms with Crippen molar-refractivity contribution in [2.75, 3.05) is 0 Å². The van der Waals surface area contributed by atoms with Crippen molar-refractivity contribution in [3.63, 3.8) is 0 Å². The summed E-state index contributed by atoms with van der Waals surface area (Å²) in [5.74, 6) is -1.60. The van der Waals surface area contributed by atoms with Crippen molar-refractivity contribution in [2.24, 2.45) is 5.92 Å². The van der Waals surface area contributed by atoms with Crippen molar-refractivity contribution in [3.8, 4) is 0 Å². The van der Waals surface area contributed by atoms with Gasteiger partial charge in [-0.2, -0.15) is 5.10 Å². The molecule has 0 bridgehead atoms. The maximum atomic E-state index is 12.3. The topological polar surface area (TPSA) is 127 Å². The lowest BCUT2D eigenvalue weighted by atomic mass is 10.0. The Morgan fingerprint density at radius 2 is 2.09 bits per heavy atom. The summed E-state index contributed by atoms with van der Waals surface area (Å²) < 4.78 is 1.15. The number of carbonyl (C=O) groups excluding carboxylic acids is 1. The van der Waals surface area contributed by atoms with Crippen molar-refractivity contribution >= 4 is 17.6 Å². The van der Waals surface area contributed by atoms with E-state index in [1.54, 1.807) is 0 Å². The highest BCUT2D eigenvalue weighted by atomic mass is 16.6. The number of hydrogen-bond acceptors (Lipinski definition) is 5. The van der Waals surface area contributed by atoms with Gasteiger partial charge < -0.3 is 10.4 Å². The van der Waals surface area contributed by atoms with Crippen LogP contribution >= 0.6 is 0 Å². The summed E-state index contributed by atoms with van der Waals surface area (Å²) in [7, 11) is 0. The summed E-state index contributed by atoms with van der Waals surface area (Å²) in [5.41, 5.74) is -1.49. The number of carboxylic acids is 1. The van der Waals surface area contributed by atoms with E-state index in [0.29, 0.717) is 0 Å². The van der Waals surface area contributed by atoms with Crippen LogP contribution < -0.4 is 5.32 Å². The Morgan fingerprint density at radius 1 is 1.50 bits per heavy atom. The van der Waals surface area contributed by atoms with Crippen molar-refractivity contribution in [1.82, 2.24) is 15.1 Å². The van der Waals surface area contributed by atoms with Gasteiger partial charge in [0.2, 0.25) is 5.91 Å². The number of aliphatic carboxylic acids is 1. The largest absolute Gasteiger partial charge is 0.480 e. The van der Waals surface area contributed by atoms with E-state index in [1.807, 2.05) is 13.8 Å². The summed E-state index contributed by atoms with van der Waals surface area (Å²) in [6, 6.07) is -1.02. The lowest BCUT2D eigenvalue weighted by Gasteiger charge is -2.26. The standard InChI is InChI=1S/C13H20N4O5/c1-8(2)5-10(11(18)19)15-12(20)13(3,4)16-7-9(6-14-16)17(21)22/h6-8,10H,5H2,1-4H3,(H,15,20)(H,18,19)/t10-/m1/s1. The molecule has 1 atom stereocenters. The van der Waals surface area contributed by atoms with Gasteiger partial charge in [-0.25, -0.2) is 4.79 Å². The van der Waals surface area contributed by atoms with E-state index in [4.69, 9.17) is 5.11 Å². The van der Waals surface area contributed by atoms with Gasteiger partial charge in [0.25, 0.3) is 0 Å². The number of nitro groups is 1. The molecule has 1 aromatic heterocycles. The first-order valence-electron chi connectivity index (χ1n) is 6.79. The molecule has 0 aliphatic rings. The Balaban J connectivity index is 2.92. The van der Waals surface area contributed by atoms with Crippen LogP contribution in [0.5, 0.6) is 0 Å². The molecule has 0 aromatic carbocycles. The molecule has 1 rings (SSSR count). The fourth-order valence-corrected chi connectivity index (χ4v) is 1.85. The Morgan fingerprint density at radius 3 is 2.50 bits per heavy atom. The fourth-order valence-electron chi connectivity index (χ4n) is 1.85. The third kappa shape index (κ3) is 4.03. The van der Waals surface area contributed by atoms with E-state index in [1.165, 1.54) is 13.8 Å². The number of hydrogen-bond donors (Lipinski definition) is 2. The molecule has 0 aliphatic heterocycles. The highest BCUT2D eigenvalue weighted by Crippen LogP contribution is 2.19. The van der Waals surface area contributed by atoms with E-state index in [-0.39, 0.29) is 18.0 Å². The average molecular weight is 312 g/mol. The maximum absolute atomic E-state index is 12.3. The number of nitrogens with zero attached hydrogens (tertiary/aromatic N) is 3. The minimum absolute atomic E-state index is 0.0929. The first-order valence-corrected chi connectivity index (χ1v) is 6.79. The van der Waals surface area contributed by atoms with Gasteiger partial charge in [0.1, 0.15) is 24.0 Å². The zero-order valence-electron chi connectivity index (χ0n) is 12.9. The number of nitrogens with one attached hydrogen (secondary N) is 1. The van der Waals surface area contributed by atoms with Crippen LogP contribution in [0.1, 0.15) is 34.1 Å². The molecule has 0 saturated heterocycles. The Hall–Kier alpha value is -2.45. The van der Waals surface area contributed by atoms with Gasteiger partial charge in [-0.1, -0.05) is 13.8 Å². The molecule has 0 saturated carbocycles. The monoisotopic (exact) mass is 312 g/mol. The second-order valence-electron chi connectivity index (χ2n) is 5.95. The molecule has 1 aromatic rings. The smallest absolute Gasteiger partial charge is 0.326 e. The number of carboxylic acid groups (broad SMARTS) is 1. The van der Waals surface area contributed by atoms with E-state index < -0.39 is 28.4 Å². The Kier molecular flexibility index (Phi) is 5.23. The number of carbonyl (C=O) groups is 2. The summed E-state index contributed by atoms with van der Waals surface area (Å²) in [6.45, 7) is 6.72. The van der Waals surface area contributed by atoms with Crippen LogP contribution in [0, 0.1) is 16.0 Å². The third-order valence-electron chi connectivity index (χ3n) is 3.22. The van der Waals surface area contributed by atoms with Gasteiger partial charge >= 0.3 is 11.7 Å². The molecule has 0 unspecified atom stereocenters. The van der Waals surface area contributed by atoms with Gasteiger partial charge in [-0.3, -0.25) is 19.6 Å². The minimum atomic E-state index is -1.25. The lowest BCUT2D eigenvalue weighted by Crippen LogP contribution is -2.51. The van der Waals surface area contributed by atoms with Crippen LogP contribution in [0.15, 0.2) is 12.4 Å². The second-order valence-corrected chi connectivity index (χ2v) is 5.95. The van der Waals surface area contributed by atoms with Crippen LogP contribution in [-0.4, -0.2) is 37.7 Å². The molecule has 9 nitrogen and oxygen atoms in total. The molecule has 0 radical (unpaired) electrons. The molecule has 1 amide bonds. The molecule has 0 fully saturated rings.